The van der Waals surface area contributed by atoms with Crippen LogP contribution in [0.3, 0.4) is 0 Å². The number of carbonyl (C=O) groups is 1. The molecule has 4 aromatic rings. The van der Waals surface area contributed by atoms with E-state index in [-0.39, 0.29) is 11.9 Å². The number of rotatable bonds is 3. The average molecular weight is 382 g/mol. The van der Waals surface area contributed by atoms with Crippen LogP contribution in [0.1, 0.15) is 33.2 Å². The molecule has 0 saturated heterocycles. The molecule has 1 aliphatic heterocycles. The Morgan fingerprint density at radius 1 is 1.00 bits per heavy atom. The number of amides is 1. The summed E-state index contributed by atoms with van der Waals surface area (Å²) >= 11 is 0. The van der Waals surface area contributed by atoms with Crippen molar-refractivity contribution in [1.82, 2.24) is 9.88 Å². The lowest BCUT2D eigenvalue weighted by Gasteiger charge is -2.36. The Labute approximate surface area is 169 Å². The second-order valence-corrected chi connectivity index (χ2v) is 7.36. The molecule has 5 rings (SSSR count). The van der Waals surface area contributed by atoms with E-state index in [9.17, 15) is 4.79 Å². The van der Waals surface area contributed by atoms with Crippen LogP contribution in [0.4, 0.5) is 0 Å². The summed E-state index contributed by atoms with van der Waals surface area (Å²) in [6.07, 6.45) is 0.810. The molecule has 1 amide bonds. The molecule has 29 heavy (non-hydrogen) atoms. The van der Waals surface area contributed by atoms with Crippen molar-refractivity contribution in [3.63, 3.8) is 0 Å². The second kappa shape index (κ2) is 7.13. The summed E-state index contributed by atoms with van der Waals surface area (Å²) in [5.74, 6) is 0.902. The fourth-order valence-corrected chi connectivity index (χ4v) is 4.34. The van der Waals surface area contributed by atoms with E-state index >= 15 is 0 Å². The lowest BCUT2D eigenvalue weighted by atomic mass is 9.91. The molecule has 1 N–H and O–H groups in total. The maximum atomic E-state index is 13.4. The molecule has 3 aromatic carbocycles. The standard InChI is InChI=1S/C25H22N2O2/c1-29-19-12-13-22-21(16-19)20-14-15-27(25(28)18-10-6-3-7-11-18)24(23(20)26-22)17-8-4-2-5-9-17/h2-13,16,24,26H,14-15H2,1H3. The summed E-state index contributed by atoms with van der Waals surface area (Å²) < 4.78 is 5.43. The van der Waals surface area contributed by atoms with Crippen LogP contribution in [0.5, 0.6) is 5.75 Å². The third kappa shape index (κ3) is 2.97. The predicted molar refractivity (Wildman–Crippen MR) is 114 cm³/mol. The van der Waals surface area contributed by atoms with Crippen LogP contribution in [0.15, 0.2) is 78.9 Å². The van der Waals surface area contributed by atoms with E-state index in [2.05, 4.69) is 29.2 Å². The minimum atomic E-state index is -0.147. The zero-order chi connectivity index (χ0) is 19.8. The number of aromatic nitrogens is 1. The van der Waals surface area contributed by atoms with Gasteiger partial charge in [-0.3, -0.25) is 4.79 Å². The van der Waals surface area contributed by atoms with Crippen molar-refractivity contribution < 1.29 is 9.53 Å². The normalized spacial score (nSPS) is 15.9. The summed E-state index contributed by atoms with van der Waals surface area (Å²) in [5, 5.41) is 1.17. The van der Waals surface area contributed by atoms with E-state index in [1.807, 2.05) is 59.5 Å². The molecule has 4 heteroatoms. The molecule has 0 spiro atoms. The second-order valence-electron chi connectivity index (χ2n) is 7.36. The van der Waals surface area contributed by atoms with Crippen LogP contribution in [-0.2, 0) is 6.42 Å². The van der Waals surface area contributed by atoms with Crippen LogP contribution >= 0.6 is 0 Å². The fourth-order valence-electron chi connectivity index (χ4n) is 4.34. The fraction of sp³-hybridized carbons (Fsp3) is 0.160. The van der Waals surface area contributed by atoms with Crippen molar-refractivity contribution in [3.05, 3.63) is 101 Å². The third-order valence-electron chi connectivity index (χ3n) is 5.73. The van der Waals surface area contributed by atoms with E-state index < -0.39 is 0 Å². The molecule has 0 aliphatic carbocycles. The maximum absolute atomic E-state index is 13.4. The summed E-state index contributed by atoms with van der Waals surface area (Å²) in [6.45, 7) is 0.671. The molecule has 4 nitrogen and oxygen atoms in total. The average Bonchev–Trinajstić information content (AvgIpc) is 3.16. The van der Waals surface area contributed by atoms with Gasteiger partial charge < -0.3 is 14.6 Å². The van der Waals surface area contributed by atoms with E-state index in [4.69, 9.17) is 4.74 Å². The van der Waals surface area contributed by atoms with E-state index in [0.29, 0.717) is 6.54 Å². The molecule has 0 fully saturated rings. The lowest BCUT2D eigenvalue weighted by Crippen LogP contribution is -2.40. The van der Waals surface area contributed by atoms with Gasteiger partial charge in [0.1, 0.15) is 5.75 Å². The first-order chi connectivity index (χ1) is 14.3. The number of ether oxygens (including phenoxy) is 1. The highest BCUT2D eigenvalue weighted by Gasteiger charge is 2.34. The minimum absolute atomic E-state index is 0.0568. The van der Waals surface area contributed by atoms with E-state index in [0.717, 1.165) is 34.5 Å². The lowest BCUT2D eigenvalue weighted by molar-refractivity contribution is 0.0692. The smallest absolute Gasteiger partial charge is 0.254 e. The summed E-state index contributed by atoms with van der Waals surface area (Å²) in [6, 6.07) is 25.7. The highest BCUT2D eigenvalue weighted by atomic mass is 16.5. The van der Waals surface area contributed by atoms with Crippen molar-refractivity contribution in [2.75, 3.05) is 13.7 Å². The highest BCUT2D eigenvalue weighted by molar-refractivity contribution is 5.95. The van der Waals surface area contributed by atoms with Gasteiger partial charge in [-0.2, -0.15) is 0 Å². The Balaban J connectivity index is 1.67. The molecule has 0 saturated carbocycles. The van der Waals surface area contributed by atoms with Gasteiger partial charge in [-0.25, -0.2) is 0 Å². The minimum Gasteiger partial charge on any atom is -0.497 e. The zero-order valence-corrected chi connectivity index (χ0v) is 16.3. The monoisotopic (exact) mass is 382 g/mol. The van der Waals surface area contributed by atoms with Gasteiger partial charge in [0.15, 0.2) is 0 Å². The molecule has 144 valence electrons. The summed E-state index contributed by atoms with van der Waals surface area (Å²) in [7, 11) is 1.69. The number of nitrogens with one attached hydrogen (secondary N) is 1. The molecular formula is C25H22N2O2. The van der Waals surface area contributed by atoms with Crippen LogP contribution in [-0.4, -0.2) is 29.4 Å². The number of benzene rings is 3. The Kier molecular flexibility index (Phi) is 4.32. The third-order valence-corrected chi connectivity index (χ3v) is 5.73. The van der Waals surface area contributed by atoms with Gasteiger partial charge in [-0.15, -0.1) is 0 Å². The number of H-pyrrole nitrogens is 1. The number of fused-ring (bicyclic) bond motifs is 3. The number of hydrogen-bond donors (Lipinski definition) is 1. The van der Waals surface area contributed by atoms with Gasteiger partial charge in [0.25, 0.3) is 5.91 Å². The molecule has 1 atom stereocenters. The first kappa shape index (κ1) is 17.6. The Morgan fingerprint density at radius 3 is 2.45 bits per heavy atom. The van der Waals surface area contributed by atoms with Crippen LogP contribution in [0.25, 0.3) is 10.9 Å². The van der Waals surface area contributed by atoms with Crippen molar-refractivity contribution in [2.24, 2.45) is 0 Å². The van der Waals surface area contributed by atoms with Gasteiger partial charge in [-0.1, -0.05) is 48.5 Å². The molecule has 1 aromatic heterocycles. The van der Waals surface area contributed by atoms with Crippen molar-refractivity contribution in [2.45, 2.75) is 12.5 Å². The van der Waals surface area contributed by atoms with Crippen LogP contribution < -0.4 is 4.74 Å². The largest absolute Gasteiger partial charge is 0.497 e. The topological polar surface area (TPSA) is 45.3 Å². The number of carbonyl (C=O) groups excluding carboxylic acids is 1. The summed E-state index contributed by atoms with van der Waals surface area (Å²) in [5.41, 5.74) is 5.26. The summed E-state index contributed by atoms with van der Waals surface area (Å²) in [4.78, 5) is 19.0. The van der Waals surface area contributed by atoms with Crippen molar-refractivity contribution in [1.29, 1.82) is 0 Å². The van der Waals surface area contributed by atoms with Gasteiger partial charge >= 0.3 is 0 Å². The highest BCUT2D eigenvalue weighted by Crippen LogP contribution is 2.39. The Bertz CT molecular complexity index is 1170. The van der Waals surface area contributed by atoms with Crippen LogP contribution in [0, 0.1) is 0 Å². The number of hydrogen-bond acceptors (Lipinski definition) is 2. The number of methoxy groups -OCH3 is 1. The molecule has 2 heterocycles. The molecule has 1 unspecified atom stereocenters. The van der Waals surface area contributed by atoms with Gasteiger partial charge in [-0.05, 0) is 47.9 Å². The Morgan fingerprint density at radius 2 is 1.72 bits per heavy atom. The predicted octanol–water partition coefficient (Wildman–Crippen LogP) is 4.96. The van der Waals surface area contributed by atoms with Gasteiger partial charge in [0.05, 0.1) is 13.2 Å². The quantitative estimate of drug-likeness (QED) is 0.544. The molecule has 1 aliphatic rings. The van der Waals surface area contributed by atoms with E-state index in [1.54, 1.807) is 7.11 Å². The van der Waals surface area contributed by atoms with Gasteiger partial charge in [0.2, 0.25) is 0 Å². The molecule has 0 bridgehead atoms. The zero-order valence-electron chi connectivity index (χ0n) is 16.3. The number of aromatic amines is 1. The first-order valence-electron chi connectivity index (χ1n) is 9.85. The van der Waals surface area contributed by atoms with Crippen LogP contribution in [0.2, 0.25) is 0 Å². The van der Waals surface area contributed by atoms with Crippen molar-refractivity contribution >= 4 is 16.8 Å². The van der Waals surface area contributed by atoms with Gasteiger partial charge in [0, 0.05) is 28.7 Å². The van der Waals surface area contributed by atoms with E-state index in [1.165, 1.54) is 10.9 Å². The van der Waals surface area contributed by atoms with Crippen molar-refractivity contribution in [3.8, 4) is 5.75 Å². The molecular weight excluding hydrogens is 360 g/mol. The SMILES string of the molecule is COc1ccc2[nH]c3c(c2c1)CCN(C(=O)c1ccccc1)C3c1ccccc1. The Hall–Kier alpha value is -3.53. The first-order valence-corrected chi connectivity index (χ1v) is 9.85. The molecule has 0 radical (unpaired) electrons. The maximum Gasteiger partial charge on any atom is 0.254 e. The number of nitrogens with zero attached hydrogens (tertiary/aromatic N) is 1.